The van der Waals surface area contributed by atoms with Gasteiger partial charge in [0.25, 0.3) is 0 Å². The number of hydrogen-bond donors (Lipinski definition) is 1. The van der Waals surface area contributed by atoms with Crippen LogP contribution in [0.5, 0.6) is 0 Å². The molecule has 0 saturated carbocycles. The van der Waals surface area contributed by atoms with Gasteiger partial charge in [-0.3, -0.25) is 9.59 Å². The highest BCUT2D eigenvalue weighted by atomic mass is 32.1. The van der Waals surface area contributed by atoms with E-state index in [0.29, 0.717) is 25.9 Å². The molecule has 2 aliphatic rings. The minimum Gasteiger partial charge on any atom is -0.381 e. The van der Waals surface area contributed by atoms with Crippen LogP contribution in [0, 0.1) is 5.41 Å². The SMILES string of the molecule is CN(C)CC1(CNC(=O)C2CCC(=O)N2Cc2cccs2)CCOCC1. The molecule has 3 heterocycles. The summed E-state index contributed by atoms with van der Waals surface area (Å²) in [7, 11) is 4.13. The predicted molar refractivity (Wildman–Crippen MR) is 102 cm³/mol. The normalized spacial score (nSPS) is 22.8. The third-order valence-electron chi connectivity index (χ3n) is 5.38. The molecule has 2 aliphatic heterocycles. The lowest BCUT2D eigenvalue weighted by Gasteiger charge is -2.39. The molecule has 1 N–H and O–H groups in total. The maximum atomic E-state index is 12.9. The molecule has 0 bridgehead atoms. The Morgan fingerprint density at radius 3 is 2.85 bits per heavy atom. The number of carbonyl (C=O) groups is 2. The lowest BCUT2D eigenvalue weighted by molar-refractivity contribution is -0.136. The van der Waals surface area contributed by atoms with Gasteiger partial charge in [0.15, 0.2) is 0 Å². The highest BCUT2D eigenvalue weighted by molar-refractivity contribution is 7.09. The quantitative estimate of drug-likeness (QED) is 0.784. The molecule has 1 atom stereocenters. The van der Waals surface area contributed by atoms with Crippen molar-refractivity contribution in [1.82, 2.24) is 15.1 Å². The molecule has 144 valence electrons. The van der Waals surface area contributed by atoms with Crippen molar-refractivity contribution >= 4 is 23.2 Å². The number of hydrogen-bond acceptors (Lipinski definition) is 5. The third-order valence-corrected chi connectivity index (χ3v) is 6.24. The molecule has 1 aromatic rings. The van der Waals surface area contributed by atoms with Crippen LogP contribution in [0.15, 0.2) is 17.5 Å². The van der Waals surface area contributed by atoms with Crippen molar-refractivity contribution in [3.63, 3.8) is 0 Å². The van der Waals surface area contributed by atoms with Crippen molar-refractivity contribution in [3.05, 3.63) is 22.4 Å². The maximum absolute atomic E-state index is 12.9. The van der Waals surface area contributed by atoms with Crippen LogP contribution in [0.1, 0.15) is 30.6 Å². The Morgan fingerprint density at radius 1 is 1.42 bits per heavy atom. The van der Waals surface area contributed by atoms with Crippen molar-refractivity contribution in [2.45, 2.75) is 38.3 Å². The Hall–Kier alpha value is -1.44. The van der Waals surface area contributed by atoms with Crippen LogP contribution in [0.3, 0.4) is 0 Å². The average Bonchev–Trinajstić information content (AvgIpc) is 3.24. The van der Waals surface area contributed by atoms with Gasteiger partial charge in [0.2, 0.25) is 11.8 Å². The molecule has 1 unspecified atom stereocenters. The Balaban J connectivity index is 1.61. The van der Waals surface area contributed by atoms with Gasteiger partial charge in [-0.25, -0.2) is 0 Å². The summed E-state index contributed by atoms with van der Waals surface area (Å²) < 4.78 is 5.52. The van der Waals surface area contributed by atoms with Crippen molar-refractivity contribution in [2.75, 3.05) is 40.4 Å². The number of nitrogens with one attached hydrogen (secondary N) is 1. The van der Waals surface area contributed by atoms with Crippen LogP contribution in [0.25, 0.3) is 0 Å². The Bertz CT molecular complexity index is 612. The molecule has 1 aromatic heterocycles. The molecule has 0 radical (unpaired) electrons. The molecule has 2 amide bonds. The molecule has 2 saturated heterocycles. The molecular formula is C19H29N3O3S. The first-order chi connectivity index (χ1) is 12.5. The van der Waals surface area contributed by atoms with Crippen LogP contribution < -0.4 is 5.32 Å². The van der Waals surface area contributed by atoms with Gasteiger partial charge in [-0.15, -0.1) is 11.3 Å². The van der Waals surface area contributed by atoms with E-state index in [9.17, 15) is 9.59 Å². The highest BCUT2D eigenvalue weighted by Crippen LogP contribution is 2.31. The number of rotatable bonds is 7. The van der Waals surface area contributed by atoms with Gasteiger partial charge < -0.3 is 19.9 Å². The van der Waals surface area contributed by atoms with E-state index in [4.69, 9.17) is 4.74 Å². The molecule has 26 heavy (non-hydrogen) atoms. The van der Waals surface area contributed by atoms with Gasteiger partial charge in [0.05, 0.1) is 6.54 Å². The van der Waals surface area contributed by atoms with Crippen LogP contribution in [0.4, 0.5) is 0 Å². The second-order valence-electron chi connectivity index (χ2n) is 7.72. The summed E-state index contributed by atoms with van der Waals surface area (Å²) in [5.41, 5.74) is 0.0542. The van der Waals surface area contributed by atoms with Crippen LogP contribution in [-0.4, -0.2) is 68.1 Å². The van der Waals surface area contributed by atoms with Gasteiger partial charge in [-0.1, -0.05) is 6.07 Å². The largest absolute Gasteiger partial charge is 0.381 e. The molecule has 6 nitrogen and oxygen atoms in total. The molecule has 2 fully saturated rings. The van der Waals surface area contributed by atoms with E-state index >= 15 is 0 Å². The van der Waals surface area contributed by atoms with E-state index in [1.165, 1.54) is 0 Å². The minimum atomic E-state index is -0.346. The first-order valence-electron chi connectivity index (χ1n) is 9.31. The number of carbonyl (C=O) groups excluding carboxylic acids is 2. The van der Waals surface area contributed by atoms with Crippen LogP contribution in [0.2, 0.25) is 0 Å². The van der Waals surface area contributed by atoms with E-state index in [-0.39, 0.29) is 23.3 Å². The van der Waals surface area contributed by atoms with Crippen molar-refractivity contribution < 1.29 is 14.3 Å². The topological polar surface area (TPSA) is 61.9 Å². The molecule has 0 spiro atoms. The van der Waals surface area contributed by atoms with E-state index in [2.05, 4.69) is 24.3 Å². The summed E-state index contributed by atoms with van der Waals surface area (Å²) in [6.45, 7) is 3.60. The van der Waals surface area contributed by atoms with E-state index < -0.39 is 0 Å². The van der Waals surface area contributed by atoms with Gasteiger partial charge in [-0.05, 0) is 44.8 Å². The van der Waals surface area contributed by atoms with Crippen molar-refractivity contribution in [2.24, 2.45) is 5.41 Å². The third kappa shape index (κ3) is 4.64. The second kappa shape index (κ2) is 8.50. The zero-order valence-electron chi connectivity index (χ0n) is 15.7. The second-order valence-corrected chi connectivity index (χ2v) is 8.76. The van der Waals surface area contributed by atoms with E-state index in [0.717, 1.165) is 37.5 Å². The first kappa shape index (κ1) is 19.3. The van der Waals surface area contributed by atoms with E-state index in [1.54, 1.807) is 16.2 Å². The molecule has 0 aromatic carbocycles. The lowest BCUT2D eigenvalue weighted by atomic mass is 9.79. The monoisotopic (exact) mass is 379 g/mol. The molecule has 7 heteroatoms. The smallest absolute Gasteiger partial charge is 0.242 e. The van der Waals surface area contributed by atoms with Gasteiger partial charge >= 0.3 is 0 Å². The molecular weight excluding hydrogens is 350 g/mol. The van der Waals surface area contributed by atoms with Gasteiger partial charge in [0, 0.05) is 43.0 Å². The average molecular weight is 380 g/mol. The fourth-order valence-electron chi connectivity index (χ4n) is 4.03. The van der Waals surface area contributed by atoms with Crippen molar-refractivity contribution in [3.8, 4) is 0 Å². The molecule has 0 aliphatic carbocycles. The highest BCUT2D eigenvalue weighted by Gasteiger charge is 2.38. The fourth-order valence-corrected chi connectivity index (χ4v) is 4.74. The first-order valence-corrected chi connectivity index (χ1v) is 10.2. The standard InChI is InChI=1S/C19H29N3O3S/c1-21(2)14-19(7-9-25-10-8-19)13-20-18(24)16-5-6-17(23)22(16)12-15-4-3-11-26-15/h3-4,11,16H,5-10,12-14H2,1-2H3,(H,20,24). The number of nitrogens with zero attached hydrogens (tertiary/aromatic N) is 2. The summed E-state index contributed by atoms with van der Waals surface area (Å²) in [5.74, 6) is 0.0599. The summed E-state index contributed by atoms with van der Waals surface area (Å²) in [4.78, 5) is 30.1. The number of likely N-dealkylation sites (tertiary alicyclic amines) is 1. The van der Waals surface area contributed by atoms with Gasteiger partial charge in [0.1, 0.15) is 6.04 Å². The maximum Gasteiger partial charge on any atom is 0.242 e. The summed E-state index contributed by atoms with van der Waals surface area (Å²) in [6.07, 6.45) is 2.97. The summed E-state index contributed by atoms with van der Waals surface area (Å²) in [6, 6.07) is 3.64. The van der Waals surface area contributed by atoms with Crippen molar-refractivity contribution in [1.29, 1.82) is 0 Å². The fraction of sp³-hybridized carbons (Fsp3) is 0.684. The number of amides is 2. The molecule has 3 rings (SSSR count). The van der Waals surface area contributed by atoms with Crippen LogP contribution >= 0.6 is 11.3 Å². The number of ether oxygens (including phenoxy) is 1. The summed E-state index contributed by atoms with van der Waals surface area (Å²) in [5, 5.41) is 5.16. The number of thiophene rings is 1. The minimum absolute atomic E-state index is 0.0166. The predicted octanol–water partition coefficient (Wildman–Crippen LogP) is 1.71. The zero-order valence-corrected chi connectivity index (χ0v) is 16.5. The Labute approximate surface area is 159 Å². The Kier molecular flexibility index (Phi) is 6.32. The van der Waals surface area contributed by atoms with Crippen LogP contribution in [-0.2, 0) is 20.9 Å². The van der Waals surface area contributed by atoms with E-state index in [1.807, 2.05) is 17.5 Å². The van der Waals surface area contributed by atoms with Gasteiger partial charge in [-0.2, -0.15) is 0 Å². The lowest BCUT2D eigenvalue weighted by Crippen LogP contribution is -2.51. The Morgan fingerprint density at radius 2 is 2.19 bits per heavy atom. The summed E-state index contributed by atoms with van der Waals surface area (Å²) >= 11 is 1.62. The zero-order chi connectivity index (χ0) is 18.6.